The highest BCUT2D eigenvalue weighted by molar-refractivity contribution is 14.1. The first-order chi connectivity index (χ1) is 7.17. The van der Waals surface area contributed by atoms with E-state index in [4.69, 9.17) is 11.6 Å². The minimum atomic E-state index is -0.0546. The Morgan fingerprint density at radius 1 is 1.60 bits per heavy atom. The molecule has 0 bridgehead atoms. The molecule has 0 heterocycles. The molecule has 0 saturated carbocycles. The molecule has 0 aromatic heterocycles. The average Bonchev–Trinajstić information content (AvgIpc) is 2.25. The zero-order chi connectivity index (χ0) is 11.3. The predicted octanol–water partition coefficient (Wildman–Crippen LogP) is 3.04. The van der Waals surface area contributed by atoms with Crippen molar-refractivity contribution in [1.82, 2.24) is 5.32 Å². The van der Waals surface area contributed by atoms with Crippen LogP contribution < -0.4 is 5.32 Å². The Hall–Kier alpha value is -0.290. The van der Waals surface area contributed by atoms with Gasteiger partial charge in [-0.2, -0.15) is 0 Å². The lowest BCUT2D eigenvalue weighted by molar-refractivity contribution is 0.0939. The average molecular weight is 338 g/mol. The number of hydrogen-bond donors (Lipinski definition) is 1. The molecule has 0 radical (unpaired) electrons. The maximum absolute atomic E-state index is 11.8. The summed E-state index contributed by atoms with van der Waals surface area (Å²) in [7, 11) is 0. The van der Waals surface area contributed by atoms with Gasteiger partial charge in [-0.05, 0) is 47.2 Å². The number of hydrogen-bond acceptors (Lipinski definition) is 1. The van der Waals surface area contributed by atoms with Gasteiger partial charge in [0.15, 0.2) is 0 Å². The van der Waals surface area contributed by atoms with Crippen LogP contribution in [0.1, 0.15) is 23.7 Å². The summed E-state index contributed by atoms with van der Waals surface area (Å²) in [6.45, 7) is 2.00. The number of carbonyl (C=O) groups is 1. The van der Waals surface area contributed by atoms with Gasteiger partial charge in [-0.1, -0.05) is 13.0 Å². The molecule has 1 aromatic rings. The van der Waals surface area contributed by atoms with E-state index in [1.54, 1.807) is 6.07 Å². The third kappa shape index (κ3) is 3.99. The third-order valence-electron chi connectivity index (χ3n) is 2.10. The van der Waals surface area contributed by atoms with Crippen molar-refractivity contribution in [3.05, 3.63) is 33.4 Å². The quantitative estimate of drug-likeness (QED) is 0.664. The van der Waals surface area contributed by atoms with Gasteiger partial charge in [-0.15, -0.1) is 11.6 Å². The van der Waals surface area contributed by atoms with Crippen molar-refractivity contribution in [2.45, 2.75) is 19.4 Å². The van der Waals surface area contributed by atoms with Gasteiger partial charge in [0.2, 0.25) is 0 Å². The summed E-state index contributed by atoms with van der Waals surface area (Å²) in [5.74, 6) is 0.396. The minimum Gasteiger partial charge on any atom is -0.348 e. The van der Waals surface area contributed by atoms with Crippen LogP contribution in [-0.2, 0) is 0 Å². The van der Waals surface area contributed by atoms with E-state index in [1.165, 1.54) is 0 Å². The van der Waals surface area contributed by atoms with E-state index in [0.29, 0.717) is 11.4 Å². The summed E-state index contributed by atoms with van der Waals surface area (Å²) in [6.07, 6.45) is 0.846. The van der Waals surface area contributed by atoms with Crippen LogP contribution >= 0.6 is 34.2 Å². The normalized spacial score (nSPS) is 12.2. The fourth-order valence-electron chi connectivity index (χ4n) is 1.15. The molecule has 1 amide bonds. The van der Waals surface area contributed by atoms with Gasteiger partial charge in [0, 0.05) is 21.1 Å². The zero-order valence-electron chi connectivity index (χ0n) is 8.47. The van der Waals surface area contributed by atoms with Crippen LogP contribution in [0.3, 0.4) is 0 Å². The van der Waals surface area contributed by atoms with Crippen LogP contribution in [0, 0.1) is 3.57 Å². The van der Waals surface area contributed by atoms with Crippen LogP contribution in [0.15, 0.2) is 24.3 Å². The van der Waals surface area contributed by atoms with Crippen LogP contribution in [0.5, 0.6) is 0 Å². The van der Waals surface area contributed by atoms with Gasteiger partial charge >= 0.3 is 0 Å². The van der Waals surface area contributed by atoms with E-state index in [2.05, 4.69) is 27.9 Å². The van der Waals surface area contributed by atoms with Gasteiger partial charge in [0.05, 0.1) is 0 Å². The number of amides is 1. The van der Waals surface area contributed by atoms with E-state index in [-0.39, 0.29) is 11.9 Å². The molecule has 2 nitrogen and oxygen atoms in total. The Morgan fingerprint density at radius 3 is 2.87 bits per heavy atom. The van der Waals surface area contributed by atoms with Crippen molar-refractivity contribution in [2.24, 2.45) is 0 Å². The Morgan fingerprint density at radius 2 is 2.33 bits per heavy atom. The molecule has 0 saturated heterocycles. The van der Waals surface area contributed by atoms with Crippen molar-refractivity contribution in [3.8, 4) is 0 Å². The Labute approximate surface area is 109 Å². The number of alkyl halides is 1. The van der Waals surface area contributed by atoms with Crippen molar-refractivity contribution >= 4 is 40.1 Å². The molecule has 0 aliphatic rings. The molecule has 82 valence electrons. The molecule has 0 aliphatic carbocycles. The molecule has 4 heteroatoms. The first-order valence-corrected chi connectivity index (χ1v) is 6.41. The number of carbonyl (C=O) groups excluding carboxylic acids is 1. The molecular weight excluding hydrogens is 324 g/mol. The molecule has 0 fully saturated rings. The number of halogens is 2. The first kappa shape index (κ1) is 12.8. The summed E-state index contributed by atoms with van der Waals surface area (Å²) < 4.78 is 1.05. The van der Waals surface area contributed by atoms with Gasteiger partial charge in [0.1, 0.15) is 0 Å². The summed E-state index contributed by atoms with van der Waals surface area (Å²) in [4.78, 5) is 11.8. The first-order valence-electron chi connectivity index (χ1n) is 4.79. The summed E-state index contributed by atoms with van der Waals surface area (Å²) in [5.41, 5.74) is 0.686. The Balaban J connectivity index is 2.68. The second-order valence-electron chi connectivity index (χ2n) is 3.24. The number of benzene rings is 1. The molecule has 1 aromatic carbocycles. The Kier molecular flexibility index (Phi) is 5.39. The maximum atomic E-state index is 11.8. The molecule has 0 aliphatic heterocycles. The fraction of sp³-hybridized carbons (Fsp3) is 0.364. The van der Waals surface area contributed by atoms with Crippen LogP contribution in [0.2, 0.25) is 0 Å². The SMILES string of the molecule is CCC(CCl)NC(=O)c1cccc(I)c1. The second-order valence-corrected chi connectivity index (χ2v) is 4.80. The Bertz CT molecular complexity index is 339. The summed E-state index contributed by atoms with van der Waals surface area (Å²) in [6, 6.07) is 7.54. The highest BCUT2D eigenvalue weighted by Gasteiger charge is 2.10. The van der Waals surface area contributed by atoms with Crippen molar-refractivity contribution in [2.75, 3.05) is 5.88 Å². The van der Waals surface area contributed by atoms with Gasteiger partial charge < -0.3 is 5.32 Å². The lowest BCUT2D eigenvalue weighted by Crippen LogP contribution is -2.35. The largest absolute Gasteiger partial charge is 0.348 e. The molecule has 15 heavy (non-hydrogen) atoms. The standard InChI is InChI=1S/C11H13ClINO/c1-2-10(7-12)14-11(15)8-4-3-5-9(13)6-8/h3-6,10H,2,7H2,1H3,(H,14,15). The van der Waals surface area contributed by atoms with Gasteiger partial charge in [-0.3, -0.25) is 4.79 Å². The maximum Gasteiger partial charge on any atom is 0.251 e. The van der Waals surface area contributed by atoms with E-state index in [1.807, 2.05) is 25.1 Å². The minimum absolute atomic E-state index is 0.0528. The zero-order valence-corrected chi connectivity index (χ0v) is 11.4. The smallest absolute Gasteiger partial charge is 0.251 e. The summed E-state index contributed by atoms with van der Waals surface area (Å²) >= 11 is 7.90. The lowest BCUT2D eigenvalue weighted by Gasteiger charge is -2.13. The third-order valence-corrected chi connectivity index (χ3v) is 3.14. The molecule has 1 atom stereocenters. The molecule has 0 spiro atoms. The van der Waals surface area contributed by atoms with Crippen molar-refractivity contribution in [3.63, 3.8) is 0 Å². The monoisotopic (exact) mass is 337 g/mol. The van der Waals surface area contributed by atoms with E-state index >= 15 is 0 Å². The highest BCUT2D eigenvalue weighted by Crippen LogP contribution is 2.08. The lowest BCUT2D eigenvalue weighted by atomic mass is 10.2. The molecule has 1 N–H and O–H groups in total. The van der Waals surface area contributed by atoms with Crippen molar-refractivity contribution in [1.29, 1.82) is 0 Å². The topological polar surface area (TPSA) is 29.1 Å². The second kappa shape index (κ2) is 6.33. The van der Waals surface area contributed by atoms with Gasteiger partial charge in [0.25, 0.3) is 5.91 Å². The molecule has 1 unspecified atom stereocenters. The molecular formula is C11H13ClINO. The van der Waals surface area contributed by atoms with Crippen LogP contribution in [0.25, 0.3) is 0 Å². The highest BCUT2D eigenvalue weighted by atomic mass is 127. The van der Waals surface area contributed by atoms with E-state index < -0.39 is 0 Å². The number of rotatable bonds is 4. The van der Waals surface area contributed by atoms with E-state index in [9.17, 15) is 4.79 Å². The van der Waals surface area contributed by atoms with Crippen LogP contribution in [0.4, 0.5) is 0 Å². The number of nitrogens with one attached hydrogen (secondary N) is 1. The fourth-order valence-corrected chi connectivity index (χ4v) is 1.99. The summed E-state index contributed by atoms with van der Waals surface area (Å²) in [5, 5.41) is 2.89. The molecule has 1 rings (SSSR count). The van der Waals surface area contributed by atoms with E-state index in [0.717, 1.165) is 9.99 Å². The van der Waals surface area contributed by atoms with Crippen molar-refractivity contribution < 1.29 is 4.79 Å². The van der Waals surface area contributed by atoms with Gasteiger partial charge in [-0.25, -0.2) is 0 Å². The predicted molar refractivity (Wildman–Crippen MR) is 71.4 cm³/mol. The van der Waals surface area contributed by atoms with Crippen LogP contribution in [-0.4, -0.2) is 17.8 Å².